The summed E-state index contributed by atoms with van der Waals surface area (Å²) in [5.41, 5.74) is 0.667. The highest BCUT2D eigenvalue weighted by Crippen LogP contribution is 2.34. The minimum atomic E-state index is -1.18. The molecule has 0 aromatic heterocycles. The number of rotatable bonds is 4. The van der Waals surface area contributed by atoms with Gasteiger partial charge in [0.15, 0.2) is 0 Å². The van der Waals surface area contributed by atoms with Crippen LogP contribution in [0.4, 0.5) is 10.1 Å². The fourth-order valence-corrected chi connectivity index (χ4v) is 3.00. The molecule has 1 aliphatic heterocycles. The third kappa shape index (κ3) is 3.85. The molecule has 0 aliphatic carbocycles. The molecule has 0 spiro atoms. The Bertz CT molecular complexity index is 778. The van der Waals surface area contributed by atoms with Crippen LogP contribution in [0, 0.1) is 11.7 Å². The predicted octanol–water partition coefficient (Wildman–Crippen LogP) is 3.63. The van der Waals surface area contributed by atoms with Crippen molar-refractivity contribution in [3.63, 3.8) is 0 Å². The highest BCUT2D eigenvalue weighted by atomic mass is 19.1. The number of anilines is 1. The molecule has 2 aromatic rings. The summed E-state index contributed by atoms with van der Waals surface area (Å²) < 4.78 is 19.7. The standard InChI is InChI=1S/C19H18FNO4/c20-15-9-8-13(19(23)24)11-16(15)21-18(22)14-7-4-10-25-17(14)12-5-2-1-3-6-12/h1-3,5-6,8-9,11,14,17H,4,7,10H2,(H,21,22)(H,23,24). The average Bonchev–Trinajstić information content (AvgIpc) is 2.64. The highest BCUT2D eigenvalue weighted by molar-refractivity contribution is 5.95. The lowest BCUT2D eigenvalue weighted by atomic mass is 9.88. The van der Waals surface area contributed by atoms with Crippen molar-refractivity contribution < 1.29 is 23.8 Å². The number of hydrogen-bond donors (Lipinski definition) is 2. The Morgan fingerprint density at radius 3 is 2.64 bits per heavy atom. The zero-order valence-electron chi connectivity index (χ0n) is 13.4. The number of ether oxygens (including phenoxy) is 1. The van der Waals surface area contributed by atoms with Crippen LogP contribution in [0.5, 0.6) is 0 Å². The van der Waals surface area contributed by atoms with E-state index in [1.54, 1.807) is 0 Å². The minimum absolute atomic E-state index is 0.0868. The SMILES string of the molecule is O=C(O)c1ccc(F)c(NC(=O)C2CCCOC2c2ccccc2)c1. The first-order valence-corrected chi connectivity index (χ1v) is 8.06. The third-order valence-corrected chi connectivity index (χ3v) is 4.26. The van der Waals surface area contributed by atoms with Crippen LogP contribution in [-0.4, -0.2) is 23.6 Å². The van der Waals surface area contributed by atoms with E-state index in [1.165, 1.54) is 0 Å². The highest BCUT2D eigenvalue weighted by Gasteiger charge is 2.33. The van der Waals surface area contributed by atoms with Crippen LogP contribution in [0.3, 0.4) is 0 Å². The van der Waals surface area contributed by atoms with Gasteiger partial charge in [0, 0.05) is 6.61 Å². The van der Waals surface area contributed by atoms with Gasteiger partial charge in [-0.2, -0.15) is 0 Å². The van der Waals surface area contributed by atoms with Gasteiger partial charge in [-0.05, 0) is 36.6 Å². The van der Waals surface area contributed by atoms with E-state index in [9.17, 15) is 14.0 Å². The number of amides is 1. The van der Waals surface area contributed by atoms with Crippen molar-refractivity contribution >= 4 is 17.6 Å². The van der Waals surface area contributed by atoms with Gasteiger partial charge in [-0.3, -0.25) is 4.79 Å². The Kier molecular flexibility index (Phi) is 5.09. The van der Waals surface area contributed by atoms with Gasteiger partial charge in [0.05, 0.1) is 23.3 Å². The molecule has 5 nitrogen and oxygen atoms in total. The summed E-state index contributed by atoms with van der Waals surface area (Å²) in [6, 6.07) is 12.7. The maximum absolute atomic E-state index is 13.9. The molecule has 3 rings (SSSR count). The number of carbonyl (C=O) groups is 2. The Balaban J connectivity index is 1.82. The summed E-state index contributed by atoms with van der Waals surface area (Å²) in [5, 5.41) is 11.5. The Morgan fingerprint density at radius 1 is 1.16 bits per heavy atom. The van der Waals surface area contributed by atoms with Crippen molar-refractivity contribution in [3.8, 4) is 0 Å². The topological polar surface area (TPSA) is 75.6 Å². The van der Waals surface area contributed by atoms with Gasteiger partial charge in [0.25, 0.3) is 0 Å². The number of nitrogens with one attached hydrogen (secondary N) is 1. The molecule has 25 heavy (non-hydrogen) atoms. The number of benzene rings is 2. The van der Waals surface area contributed by atoms with Gasteiger partial charge < -0.3 is 15.2 Å². The van der Waals surface area contributed by atoms with Crippen molar-refractivity contribution in [2.24, 2.45) is 5.92 Å². The lowest BCUT2D eigenvalue weighted by Crippen LogP contribution is -2.33. The number of halogens is 1. The summed E-state index contributed by atoms with van der Waals surface area (Å²) in [7, 11) is 0. The molecular weight excluding hydrogens is 325 g/mol. The van der Waals surface area contributed by atoms with Crippen LogP contribution in [0.1, 0.15) is 34.9 Å². The molecule has 1 aliphatic rings. The summed E-state index contributed by atoms with van der Waals surface area (Å²) in [5.74, 6) is -2.70. The van der Waals surface area contributed by atoms with Crippen LogP contribution in [0.2, 0.25) is 0 Å². The van der Waals surface area contributed by atoms with Crippen LogP contribution in [-0.2, 0) is 9.53 Å². The minimum Gasteiger partial charge on any atom is -0.478 e. The Labute approximate surface area is 144 Å². The molecule has 2 N–H and O–H groups in total. The van der Waals surface area contributed by atoms with Crippen molar-refractivity contribution in [2.75, 3.05) is 11.9 Å². The summed E-state index contributed by atoms with van der Waals surface area (Å²) >= 11 is 0. The van der Waals surface area contributed by atoms with Crippen molar-refractivity contribution in [1.82, 2.24) is 0 Å². The fraction of sp³-hybridized carbons (Fsp3) is 0.263. The van der Waals surface area contributed by atoms with E-state index in [0.29, 0.717) is 13.0 Å². The first-order chi connectivity index (χ1) is 12.1. The normalized spacial score (nSPS) is 20.0. The van der Waals surface area contributed by atoms with Crippen LogP contribution in [0.25, 0.3) is 0 Å². The van der Waals surface area contributed by atoms with Gasteiger partial charge in [-0.15, -0.1) is 0 Å². The Hall–Kier alpha value is -2.73. The molecule has 2 unspecified atom stereocenters. The van der Waals surface area contributed by atoms with Gasteiger partial charge in [-0.1, -0.05) is 30.3 Å². The quantitative estimate of drug-likeness (QED) is 0.889. The molecule has 1 heterocycles. The second kappa shape index (κ2) is 7.44. The maximum atomic E-state index is 13.9. The van der Waals surface area contributed by atoms with Crippen LogP contribution >= 0.6 is 0 Å². The van der Waals surface area contributed by atoms with E-state index >= 15 is 0 Å². The summed E-state index contributed by atoms with van der Waals surface area (Å²) in [6.07, 6.45) is 0.950. The van der Waals surface area contributed by atoms with E-state index in [4.69, 9.17) is 9.84 Å². The molecule has 2 atom stereocenters. The third-order valence-electron chi connectivity index (χ3n) is 4.26. The monoisotopic (exact) mass is 343 g/mol. The van der Waals surface area contributed by atoms with Crippen molar-refractivity contribution in [3.05, 3.63) is 65.5 Å². The van der Waals surface area contributed by atoms with E-state index < -0.39 is 23.8 Å². The average molecular weight is 343 g/mol. The molecule has 0 saturated carbocycles. The first kappa shape index (κ1) is 17.1. The molecule has 1 fully saturated rings. The lowest BCUT2D eigenvalue weighted by molar-refractivity contribution is -0.129. The van der Waals surface area contributed by atoms with E-state index in [2.05, 4.69) is 5.32 Å². The molecule has 0 radical (unpaired) electrons. The lowest BCUT2D eigenvalue weighted by Gasteiger charge is -2.31. The number of hydrogen-bond acceptors (Lipinski definition) is 3. The molecule has 1 saturated heterocycles. The molecule has 6 heteroatoms. The molecule has 2 aromatic carbocycles. The van der Waals surface area contributed by atoms with Crippen LogP contribution < -0.4 is 5.32 Å². The van der Waals surface area contributed by atoms with E-state index in [1.807, 2.05) is 30.3 Å². The second-order valence-electron chi connectivity index (χ2n) is 5.94. The van der Waals surface area contributed by atoms with E-state index in [-0.39, 0.29) is 17.2 Å². The van der Waals surface area contributed by atoms with Crippen LogP contribution in [0.15, 0.2) is 48.5 Å². The van der Waals surface area contributed by atoms with Gasteiger partial charge in [0.1, 0.15) is 5.82 Å². The maximum Gasteiger partial charge on any atom is 0.335 e. The fourth-order valence-electron chi connectivity index (χ4n) is 3.00. The predicted molar refractivity (Wildman–Crippen MR) is 89.8 cm³/mol. The van der Waals surface area contributed by atoms with Gasteiger partial charge in [-0.25, -0.2) is 9.18 Å². The largest absolute Gasteiger partial charge is 0.478 e. The number of carbonyl (C=O) groups excluding carboxylic acids is 1. The molecule has 130 valence electrons. The number of carboxylic acid groups (broad SMARTS) is 1. The van der Waals surface area contributed by atoms with Crippen molar-refractivity contribution in [2.45, 2.75) is 18.9 Å². The first-order valence-electron chi connectivity index (χ1n) is 8.06. The van der Waals surface area contributed by atoms with Crippen molar-refractivity contribution in [1.29, 1.82) is 0 Å². The molecule has 1 amide bonds. The van der Waals surface area contributed by atoms with Gasteiger partial charge in [0.2, 0.25) is 5.91 Å². The number of carboxylic acids is 1. The molecular formula is C19H18FNO4. The number of aromatic carboxylic acids is 1. The molecule has 0 bridgehead atoms. The summed E-state index contributed by atoms with van der Waals surface area (Å²) in [4.78, 5) is 23.7. The smallest absolute Gasteiger partial charge is 0.335 e. The van der Waals surface area contributed by atoms with Gasteiger partial charge >= 0.3 is 5.97 Å². The zero-order chi connectivity index (χ0) is 17.8. The zero-order valence-corrected chi connectivity index (χ0v) is 13.4. The Morgan fingerprint density at radius 2 is 1.92 bits per heavy atom. The second-order valence-corrected chi connectivity index (χ2v) is 5.94. The summed E-state index contributed by atoms with van der Waals surface area (Å²) in [6.45, 7) is 0.562. The van der Waals surface area contributed by atoms with E-state index in [0.717, 1.165) is 30.2 Å².